The van der Waals surface area contributed by atoms with Crippen LogP contribution in [0.5, 0.6) is 5.88 Å². The van der Waals surface area contributed by atoms with E-state index < -0.39 is 12.0 Å². The molecule has 0 aromatic carbocycles. The van der Waals surface area contributed by atoms with Gasteiger partial charge in [0, 0.05) is 26.0 Å². The van der Waals surface area contributed by atoms with Crippen molar-refractivity contribution in [2.24, 2.45) is 7.05 Å². The Morgan fingerprint density at radius 2 is 2.38 bits per heavy atom. The molecule has 1 aromatic rings. The predicted octanol–water partition coefficient (Wildman–Crippen LogP) is 0.209. The molecular formula is C9H10IN3O3. The van der Waals surface area contributed by atoms with Crippen LogP contribution in [0.3, 0.4) is 0 Å². The monoisotopic (exact) mass is 335 g/mol. The number of nitrogens with zero attached hydrogens (tertiary/aromatic N) is 2. The summed E-state index contributed by atoms with van der Waals surface area (Å²) in [5, 5.41) is 6.31. The minimum absolute atomic E-state index is 0.250. The third-order valence-electron chi connectivity index (χ3n) is 2.25. The minimum Gasteiger partial charge on any atom is -0.463 e. The van der Waals surface area contributed by atoms with Crippen molar-refractivity contribution in [3.8, 4) is 5.88 Å². The number of hydrogen-bond acceptors (Lipinski definition) is 4. The van der Waals surface area contributed by atoms with Gasteiger partial charge in [0.05, 0.1) is 0 Å². The number of aromatic nitrogens is 2. The van der Waals surface area contributed by atoms with Crippen LogP contribution < -0.4 is 10.1 Å². The lowest BCUT2D eigenvalue weighted by Gasteiger charge is -2.20. The van der Waals surface area contributed by atoms with Crippen LogP contribution in [0.2, 0.25) is 0 Å². The van der Waals surface area contributed by atoms with Crippen molar-refractivity contribution in [3.63, 3.8) is 0 Å². The van der Waals surface area contributed by atoms with Gasteiger partial charge in [-0.2, -0.15) is 0 Å². The largest absolute Gasteiger partial charge is 0.463 e. The summed E-state index contributed by atoms with van der Waals surface area (Å²) in [6, 6.07) is 1.74. The predicted molar refractivity (Wildman–Crippen MR) is 62.7 cm³/mol. The first kappa shape index (κ1) is 11.4. The number of ether oxygens (including phenoxy) is 1. The van der Waals surface area contributed by atoms with Gasteiger partial charge >= 0.3 is 0 Å². The van der Waals surface area contributed by atoms with Gasteiger partial charge in [-0.05, 0) is 22.6 Å². The Morgan fingerprint density at radius 1 is 1.62 bits per heavy atom. The molecule has 86 valence electrons. The van der Waals surface area contributed by atoms with E-state index in [9.17, 15) is 9.59 Å². The van der Waals surface area contributed by atoms with E-state index in [1.54, 1.807) is 17.8 Å². The van der Waals surface area contributed by atoms with E-state index in [0.717, 1.165) is 3.70 Å². The first-order chi connectivity index (χ1) is 7.56. The maximum Gasteiger partial charge on any atom is 0.267 e. The van der Waals surface area contributed by atoms with E-state index >= 15 is 0 Å². The summed E-state index contributed by atoms with van der Waals surface area (Å²) in [4.78, 5) is 22.3. The Bertz CT molecular complexity index is 424. The van der Waals surface area contributed by atoms with Crippen LogP contribution in [-0.4, -0.2) is 27.7 Å². The van der Waals surface area contributed by atoms with E-state index in [-0.39, 0.29) is 5.91 Å². The molecule has 1 unspecified atom stereocenters. The van der Waals surface area contributed by atoms with Crippen molar-refractivity contribution >= 4 is 34.4 Å². The van der Waals surface area contributed by atoms with Crippen molar-refractivity contribution in [3.05, 3.63) is 9.77 Å². The SMILES string of the molecule is Cn1nc(OC2CCC(=O)NC2=O)cc1I. The van der Waals surface area contributed by atoms with Gasteiger partial charge in [-0.15, -0.1) is 5.10 Å². The molecular weight excluding hydrogens is 325 g/mol. The number of amides is 2. The summed E-state index contributed by atoms with van der Waals surface area (Å²) < 4.78 is 7.99. The fraction of sp³-hybridized carbons (Fsp3) is 0.444. The molecule has 1 aromatic heterocycles. The lowest BCUT2D eigenvalue weighted by atomic mass is 10.1. The maximum absolute atomic E-state index is 11.4. The van der Waals surface area contributed by atoms with Crippen molar-refractivity contribution in [2.45, 2.75) is 18.9 Å². The van der Waals surface area contributed by atoms with Crippen LogP contribution >= 0.6 is 22.6 Å². The molecule has 1 saturated heterocycles. The van der Waals surface area contributed by atoms with Crippen molar-refractivity contribution < 1.29 is 14.3 Å². The fourth-order valence-corrected chi connectivity index (χ4v) is 1.78. The molecule has 2 rings (SSSR count). The molecule has 6 nitrogen and oxygen atoms in total. The summed E-state index contributed by atoms with van der Waals surface area (Å²) in [5.41, 5.74) is 0. The third kappa shape index (κ3) is 2.34. The topological polar surface area (TPSA) is 73.2 Å². The van der Waals surface area contributed by atoms with Gasteiger partial charge in [-0.3, -0.25) is 19.6 Å². The van der Waals surface area contributed by atoms with Crippen molar-refractivity contribution in [2.75, 3.05) is 0 Å². The second-order valence-corrected chi connectivity index (χ2v) is 4.59. The third-order valence-corrected chi connectivity index (χ3v) is 3.26. The molecule has 2 amide bonds. The highest BCUT2D eigenvalue weighted by atomic mass is 127. The average molecular weight is 335 g/mol. The Labute approximate surface area is 105 Å². The fourth-order valence-electron chi connectivity index (χ4n) is 1.41. The van der Waals surface area contributed by atoms with E-state index in [0.29, 0.717) is 18.7 Å². The quantitative estimate of drug-likeness (QED) is 0.619. The Balaban J connectivity index is 2.04. The highest BCUT2D eigenvalue weighted by Crippen LogP contribution is 2.17. The molecule has 16 heavy (non-hydrogen) atoms. The Hall–Kier alpha value is -1.12. The molecule has 2 heterocycles. The van der Waals surface area contributed by atoms with Crippen molar-refractivity contribution in [1.29, 1.82) is 0 Å². The number of nitrogens with one attached hydrogen (secondary N) is 1. The smallest absolute Gasteiger partial charge is 0.267 e. The summed E-state index contributed by atoms with van der Waals surface area (Å²) >= 11 is 2.11. The van der Waals surface area contributed by atoms with E-state index in [4.69, 9.17) is 4.74 Å². The molecule has 1 atom stereocenters. The van der Waals surface area contributed by atoms with Gasteiger partial charge in [0.2, 0.25) is 11.8 Å². The molecule has 1 fully saturated rings. The van der Waals surface area contributed by atoms with Gasteiger partial charge in [-0.25, -0.2) is 0 Å². The number of rotatable bonds is 2. The second-order valence-electron chi connectivity index (χ2n) is 3.49. The highest BCUT2D eigenvalue weighted by Gasteiger charge is 2.28. The van der Waals surface area contributed by atoms with Gasteiger partial charge in [-0.1, -0.05) is 0 Å². The maximum atomic E-state index is 11.4. The van der Waals surface area contributed by atoms with Crippen LogP contribution in [0.1, 0.15) is 12.8 Å². The average Bonchev–Trinajstić information content (AvgIpc) is 2.51. The van der Waals surface area contributed by atoms with Gasteiger partial charge < -0.3 is 4.74 Å². The number of carbonyl (C=O) groups is 2. The molecule has 0 spiro atoms. The first-order valence-corrected chi connectivity index (χ1v) is 5.84. The molecule has 1 aliphatic rings. The standard InChI is InChI=1S/C9H10IN3O3/c1-13-6(10)4-8(12-13)16-5-2-3-7(14)11-9(5)15/h4-5H,2-3H2,1H3,(H,11,14,15). The van der Waals surface area contributed by atoms with Gasteiger partial charge in [0.1, 0.15) is 3.70 Å². The second kappa shape index (κ2) is 4.40. The first-order valence-electron chi connectivity index (χ1n) is 4.76. The minimum atomic E-state index is -0.622. The van der Waals surface area contributed by atoms with Crippen molar-refractivity contribution in [1.82, 2.24) is 15.1 Å². The number of aryl methyl sites for hydroxylation is 1. The summed E-state index contributed by atoms with van der Waals surface area (Å²) in [7, 11) is 1.79. The molecule has 0 saturated carbocycles. The Morgan fingerprint density at radius 3 is 2.94 bits per heavy atom. The van der Waals surface area contributed by atoms with Crippen LogP contribution in [0, 0.1) is 3.70 Å². The highest BCUT2D eigenvalue weighted by molar-refractivity contribution is 14.1. The number of imide groups is 1. The van der Waals surface area contributed by atoms with Crippen LogP contribution in [-0.2, 0) is 16.6 Å². The molecule has 1 N–H and O–H groups in total. The van der Waals surface area contributed by atoms with Gasteiger partial charge in [0.15, 0.2) is 6.10 Å². The molecule has 0 aliphatic carbocycles. The van der Waals surface area contributed by atoms with Gasteiger partial charge in [0.25, 0.3) is 5.91 Å². The van der Waals surface area contributed by atoms with Crippen LogP contribution in [0.15, 0.2) is 6.07 Å². The van der Waals surface area contributed by atoms with Crippen LogP contribution in [0.25, 0.3) is 0 Å². The van der Waals surface area contributed by atoms with E-state index in [2.05, 4.69) is 33.0 Å². The zero-order valence-electron chi connectivity index (χ0n) is 8.57. The number of hydrogen-bond donors (Lipinski definition) is 1. The Kier molecular flexibility index (Phi) is 3.13. The summed E-state index contributed by atoms with van der Waals surface area (Å²) in [6.07, 6.45) is 0.0846. The number of carbonyl (C=O) groups excluding carboxylic acids is 2. The summed E-state index contributed by atoms with van der Waals surface area (Å²) in [6.45, 7) is 0. The molecule has 0 radical (unpaired) electrons. The molecule has 0 bridgehead atoms. The zero-order chi connectivity index (χ0) is 11.7. The number of halogens is 1. The van der Waals surface area contributed by atoms with E-state index in [1.165, 1.54) is 0 Å². The summed E-state index contributed by atoms with van der Waals surface area (Å²) in [5.74, 6) is -0.237. The van der Waals surface area contributed by atoms with E-state index in [1.807, 2.05) is 0 Å². The lowest BCUT2D eigenvalue weighted by molar-refractivity contribution is -0.139. The normalized spacial score (nSPS) is 20.8. The molecule has 7 heteroatoms. The number of piperidine rings is 1. The molecule has 1 aliphatic heterocycles. The van der Waals surface area contributed by atoms with Crippen LogP contribution in [0.4, 0.5) is 0 Å². The zero-order valence-corrected chi connectivity index (χ0v) is 10.7. The lowest BCUT2D eigenvalue weighted by Crippen LogP contribution is -2.46.